The van der Waals surface area contributed by atoms with E-state index in [1.54, 1.807) is 20.7 Å². The molecule has 3 aromatic rings. The quantitative estimate of drug-likeness (QED) is 0.747. The van der Waals surface area contributed by atoms with Crippen LogP contribution in [0.3, 0.4) is 0 Å². The molecule has 136 valence electrons. The molecule has 1 atom stereocenters. The molecule has 1 fully saturated rings. The molecule has 0 radical (unpaired) electrons. The van der Waals surface area contributed by atoms with Crippen LogP contribution in [0.25, 0.3) is 10.4 Å². The maximum atomic E-state index is 12.7. The highest BCUT2D eigenvalue weighted by atomic mass is 32.1. The summed E-state index contributed by atoms with van der Waals surface area (Å²) in [4.78, 5) is 17.0. The van der Waals surface area contributed by atoms with Crippen LogP contribution in [0.5, 0.6) is 0 Å². The number of rotatable bonds is 5. The third kappa shape index (κ3) is 3.17. The van der Waals surface area contributed by atoms with Crippen molar-refractivity contribution in [3.63, 3.8) is 0 Å². The first-order valence-electron chi connectivity index (χ1n) is 8.64. The number of anilines is 1. The van der Waals surface area contributed by atoms with Crippen molar-refractivity contribution in [1.82, 2.24) is 24.9 Å². The maximum absolute atomic E-state index is 12.7. The fourth-order valence-electron chi connectivity index (χ4n) is 3.35. The SMILES string of the molecule is Cc1cc(N2CCC(NCc3ccc(-c4cnn(C)c4)s3)C2=O)n(C)n1. The molecule has 3 aromatic heterocycles. The molecule has 1 N–H and O–H groups in total. The van der Waals surface area contributed by atoms with Gasteiger partial charge in [-0.3, -0.25) is 19.1 Å². The topological polar surface area (TPSA) is 68.0 Å². The van der Waals surface area contributed by atoms with Crippen molar-refractivity contribution in [2.24, 2.45) is 14.1 Å². The first kappa shape index (κ1) is 17.0. The van der Waals surface area contributed by atoms with Gasteiger partial charge in [0.15, 0.2) is 0 Å². The van der Waals surface area contributed by atoms with Gasteiger partial charge in [-0.2, -0.15) is 10.2 Å². The van der Waals surface area contributed by atoms with E-state index in [2.05, 4.69) is 27.6 Å². The van der Waals surface area contributed by atoms with Gasteiger partial charge in [-0.15, -0.1) is 11.3 Å². The molecule has 0 aromatic carbocycles. The minimum atomic E-state index is -0.144. The van der Waals surface area contributed by atoms with Crippen molar-refractivity contribution in [3.05, 3.63) is 41.2 Å². The Balaban J connectivity index is 1.39. The lowest BCUT2D eigenvalue weighted by molar-refractivity contribution is -0.118. The van der Waals surface area contributed by atoms with E-state index in [1.165, 1.54) is 9.75 Å². The van der Waals surface area contributed by atoms with Gasteiger partial charge < -0.3 is 5.32 Å². The number of nitrogens with one attached hydrogen (secondary N) is 1. The number of amides is 1. The molecule has 8 heteroatoms. The minimum Gasteiger partial charge on any atom is -0.301 e. The monoisotopic (exact) mass is 370 g/mol. The molecular formula is C18H22N6OS. The lowest BCUT2D eigenvalue weighted by Gasteiger charge is -2.16. The van der Waals surface area contributed by atoms with Crippen LogP contribution in [0, 0.1) is 6.92 Å². The largest absolute Gasteiger partial charge is 0.301 e. The molecule has 0 aliphatic carbocycles. The van der Waals surface area contributed by atoms with Crippen molar-refractivity contribution in [3.8, 4) is 10.4 Å². The van der Waals surface area contributed by atoms with E-state index in [4.69, 9.17) is 0 Å². The minimum absolute atomic E-state index is 0.122. The zero-order chi connectivity index (χ0) is 18.3. The van der Waals surface area contributed by atoms with Gasteiger partial charge in [0.1, 0.15) is 5.82 Å². The predicted molar refractivity (Wildman–Crippen MR) is 102 cm³/mol. The highest BCUT2D eigenvalue weighted by Crippen LogP contribution is 2.28. The predicted octanol–water partition coefficient (Wildman–Crippen LogP) is 2.09. The molecule has 26 heavy (non-hydrogen) atoms. The standard InChI is InChI=1S/C18H22N6OS/c1-12-8-17(23(3)21-12)24-7-6-15(18(24)25)19-10-14-4-5-16(26-14)13-9-20-22(2)11-13/h4-5,8-9,11,15,19H,6-7,10H2,1-3H3. The number of aromatic nitrogens is 4. The number of thiophene rings is 1. The van der Waals surface area contributed by atoms with Gasteiger partial charge in [0.2, 0.25) is 5.91 Å². The summed E-state index contributed by atoms with van der Waals surface area (Å²) in [5, 5.41) is 12.0. The molecule has 4 rings (SSSR count). The highest BCUT2D eigenvalue weighted by Gasteiger charge is 2.33. The van der Waals surface area contributed by atoms with E-state index in [1.807, 2.05) is 44.4 Å². The van der Waals surface area contributed by atoms with Crippen molar-refractivity contribution in [2.75, 3.05) is 11.4 Å². The molecule has 1 saturated heterocycles. The van der Waals surface area contributed by atoms with Crippen molar-refractivity contribution in [2.45, 2.75) is 25.9 Å². The third-order valence-corrected chi connectivity index (χ3v) is 5.77. The van der Waals surface area contributed by atoms with Crippen LogP contribution in [0.15, 0.2) is 30.6 Å². The van der Waals surface area contributed by atoms with Gasteiger partial charge in [0.25, 0.3) is 0 Å². The molecule has 1 unspecified atom stereocenters. The molecule has 0 spiro atoms. The summed E-state index contributed by atoms with van der Waals surface area (Å²) in [6.07, 6.45) is 4.69. The van der Waals surface area contributed by atoms with Crippen LogP contribution < -0.4 is 10.2 Å². The Labute approximate surface area is 156 Å². The Bertz CT molecular complexity index is 939. The Morgan fingerprint density at radius 1 is 1.35 bits per heavy atom. The van der Waals surface area contributed by atoms with Crippen LogP contribution >= 0.6 is 11.3 Å². The number of hydrogen-bond donors (Lipinski definition) is 1. The molecular weight excluding hydrogens is 348 g/mol. The average Bonchev–Trinajstić information content (AvgIpc) is 3.35. The van der Waals surface area contributed by atoms with Crippen molar-refractivity contribution in [1.29, 1.82) is 0 Å². The molecule has 0 bridgehead atoms. The third-order valence-electron chi connectivity index (χ3n) is 4.63. The molecule has 1 amide bonds. The number of aryl methyl sites for hydroxylation is 3. The number of carbonyl (C=O) groups is 1. The number of nitrogens with zero attached hydrogens (tertiary/aromatic N) is 5. The summed E-state index contributed by atoms with van der Waals surface area (Å²) in [6, 6.07) is 6.04. The second-order valence-electron chi connectivity index (χ2n) is 6.65. The van der Waals surface area contributed by atoms with E-state index in [9.17, 15) is 4.79 Å². The summed E-state index contributed by atoms with van der Waals surface area (Å²) < 4.78 is 3.58. The molecule has 0 saturated carbocycles. The first-order valence-corrected chi connectivity index (χ1v) is 9.46. The summed E-state index contributed by atoms with van der Waals surface area (Å²) in [5.41, 5.74) is 2.05. The van der Waals surface area contributed by atoms with Crippen molar-refractivity contribution < 1.29 is 4.79 Å². The van der Waals surface area contributed by atoms with Gasteiger partial charge in [0.05, 0.1) is 17.9 Å². The van der Waals surface area contributed by atoms with Gasteiger partial charge >= 0.3 is 0 Å². The lowest BCUT2D eigenvalue weighted by atomic mass is 10.2. The maximum Gasteiger partial charge on any atom is 0.245 e. The van der Waals surface area contributed by atoms with Gasteiger partial charge in [-0.1, -0.05) is 0 Å². The molecule has 7 nitrogen and oxygen atoms in total. The summed E-state index contributed by atoms with van der Waals surface area (Å²) in [7, 11) is 3.79. The second-order valence-corrected chi connectivity index (χ2v) is 7.82. The highest BCUT2D eigenvalue weighted by molar-refractivity contribution is 7.15. The zero-order valence-corrected chi connectivity index (χ0v) is 16.0. The van der Waals surface area contributed by atoms with Crippen LogP contribution in [-0.2, 0) is 25.4 Å². The van der Waals surface area contributed by atoms with Crippen LogP contribution in [-0.4, -0.2) is 38.1 Å². The van der Waals surface area contributed by atoms with Gasteiger partial charge in [0, 0.05) is 54.8 Å². The number of carbonyl (C=O) groups excluding carboxylic acids is 1. The molecule has 1 aliphatic rings. The Kier molecular flexibility index (Phi) is 4.37. The van der Waals surface area contributed by atoms with Crippen LogP contribution in [0.2, 0.25) is 0 Å². The Morgan fingerprint density at radius 2 is 2.19 bits per heavy atom. The Hall–Kier alpha value is -2.45. The smallest absolute Gasteiger partial charge is 0.245 e. The summed E-state index contributed by atoms with van der Waals surface area (Å²) in [6.45, 7) is 3.36. The first-order chi connectivity index (χ1) is 12.5. The zero-order valence-electron chi connectivity index (χ0n) is 15.1. The van der Waals surface area contributed by atoms with Gasteiger partial charge in [-0.05, 0) is 25.5 Å². The van der Waals surface area contributed by atoms with E-state index in [-0.39, 0.29) is 11.9 Å². The van der Waals surface area contributed by atoms with E-state index in [0.29, 0.717) is 6.54 Å². The van der Waals surface area contributed by atoms with Crippen molar-refractivity contribution >= 4 is 23.1 Å². The average molecular weight is 370 g/mol. The lowest BCUT2D eigenvalue weighted by Crippen LogP contribution is -2.38. The van der Waals surface area contributed by atoms with Crippen LogP contribution in [0.4, 0.5) is 5.82 Å². The normalized spacial score (nSPS) is 17.4. The van der Waals surface area contributed by atoms with E-state index in [0.717, 1.165) is 30.0 Å². The molecule has 1 aliphatic heterocycles. The fraction of sp³-hybridized carbons (Fsp3) is 0.389. The second kappa shape index (κ2) is 6.69. The van der Waals surface area contributed by atoms with Gasteiger partial charge in [-0.25, -0.2) is 0 Å². The Morgan fingerprint density at radius 3 is 2.88 bits per heavy atom. The van der Waals surface area contributed by atoms with E-state index < -0.39 is 0 Å². The fourth-order valence-corrected chi connectivity index (χ4v) is 4.28. The van der Waals surface area contributed by atoms with Crippen LogP contribution in [0.1, 0.15) is 17.0 Å². The molecule has 4 heterocycles. The number of hydrogen-bond acceptors (Lipinski definition) is 5. The summed E-state index contributed by atoms with van der Waals surface area (Å²) >= 11 is 1.73. The summed E-state index contributed by atoms with van der Waals surface area (Å²) in [5.74, 6) is 0.990. The van der Waals surface area contributed by atoms with E-state index >= 15 is 0 Å².